The van der Waals surface area contributed by atoms with Gasteiger partial charge in [0.05, 0.1) is 19.9 Å². The maximum Gasteiger partial charge on any atom is 0.247 e. The summed E-state index contributed by atoms with van der Waals surface area (Å²) in [6, 6.07) is 13.0. The van der Waals surface area contributed by atoms with Gasteiger partial charge in [0.1, 0.15) is 16.4 Å². The summed E-state index contributed by atoms with van der Waals surface area (Å²) >= 11 is 1.59. The van der Waals surface area contributed by atoms with Gasteiger partial charge in [-0.15, -0.1) is 11.3 Å². The van der Waals surface area contributed by atoms with Crippen LogP contribution in [0, 0.1) is 6.92 Å². The molecular weight excluding hydrogens is 434 g/mol. The molecule has 2 aromatic carbocycles. The van der Waals surface area contributed by atoms with E-state index in [2.05, 4.69) is 29.3 Å². The Balaban J connectivity index is 1.50. The summed E-state index contributed by atoms with van der Waals surface area (Å²) in [6.45, 7) is 3.98. The molecule has 1 aliphatic heterocycles. The number of sulfonamides is 1. The Labute approximate surface area is 186 Å². The number of benzene rings is 2. The van der Waals surface area contributed by atoms with Gasteiger partial charge in [-0.25, -0.2) is 13.4 Å². The first kappa shape index (κ1) is 21.6. The minimum atomic E-state index is -3.70. The van der Waals surface area contributed by atoms with Gasteiger partial charge in [-0.1, -0.05) is 24.3 Å². The summed E-state index contributed by atoms with van der Waals surface area (Å²) in [6.07, 6.45) is 0. The minimum absolute atomic E-state index is 0.124. The molecule has 1 saturated heterocycles. The Hall–Kier alpha value is -2.62. The highest BCUT2D eigenvalue weighted by molar-refractivity contribution is 7.89. The van der Waals surface area contributed by atoms with E-state index in [0.29, 0.717) is 37.7 Å². The second-order valence-corrected chi connectivity index (χ2v) is 9.98. The summed E-state index contributed by atoms with van der Waals surface area (Å²) in [5, 5.41) is 2.97. The standard InChI is InChI=1S/C22H25N3O4S2/c1-16-6-4-5-7-18(16)19-15-30-22(23-19)24-10-12-25(13-11-24)31(26,27)21-14-17(28-2)8-9-20(21)29-3/h4-9,14-15H,10-13H2,1-3H3. The van der Waals surface area contributed by atoms with Crippen molar-refractivity contribution in [2.45, 2.75) is 11.8 Å². The SMILES string of the molecule is COc1ccc(OC)c(S(=O)(=O)N2CCN(c3nc(-c4ccccc4C)cs3)CC2)c1. The molecule has 1 aromatic heterocycles. The Morgan fingerprint density at radius 1 is 1.00 bits per heavy atom. The number of thiazole rings is 1. The van der Waals surface area contributed by atoms with Crippen molar-refractivity contribution in [3.8, 4) is 22.8 Å². The first-order valence-electron chi connectivity index (χ1n) is 9.92. The minimum Gasteiger partial charge on any atom is -0.497 e. The summed E-state index contributed by atoms with van der Waals surface area (Å²) in [5.41, 5.74) is 3.26. The maximum atomic E-state index is 13.3. The van der Waals surface area contributed by atoms with Gasteiger partial charge in [-0.05, 0) is 24.6 Å². The molecule has 0 radical (unpaired) electrons. The fourth-order valence-electron chi connectivity index (χ4n) is 3.64. The van der Waals surface area contributed by atoms with E-state index in [4.69, 9.17) is 14.5 Å². The average molecular weight is 460 g/mol. The molecular formula is C22H25N3O4S2. The maximum absolute atomic E-state index is 13.3. The van der Waals surface area contributed by atoms with Crippen molar-refractivity contribution in [1.29, 1.82) is 0 Å². The summed E-state index contributed by atoms with van der Waals surface area (Å²) in [4.78, 5) is 7.06. The van der Waals surface area contributed by atoms with E-state index >= 15 is 0 Å². The Kier molecular flexibility index (Phi) is 6.17. The van der Waals surface area contributed by atoms with Gasteiger partial charge in [0.15, 0.2) is 5.13 Å². The second kappa shape index (κ2) is 8.86. The molecule has 0 amide bonds. The monoisotopic (exact) mass is 459 g/mol. The van der Waals surface area contributed by atoms with Crippen molar-refractivity contribution in [2.75, 3.05) is 45.3 Å². The molecule has 31 heavy (non-hydrogen) atoms. The molecule has 0 spiro atoms. The highest BCUT2D eigenvalue weighted by Crippen LogP contribution is 2.33. The number of hydrogen-bond acceptors (Lipinski definition) is 7. The van der Waals surface area contributed by atoms with Crippen LogP contribution < -0.4 is 14.4 Å². The van der Waals surface area contributed by atoms with Crippen LogP contribution in [-0.4, -0.2) is 58.1 Å². The fraction of sp³-hybridized carbons (Fsp3) is 0.318. The molecule has 0 aliphatic carbocycles. The molecule has 1 fully saturated rings. The van der Waals surface area contributed by atoms with Crippen LogP contribution in [0.4, 0.5) is 5.13 Å². The number of rotatable bonds is 6. The van der Waals surface area contributed by atoms with Crippen LogP contribution in [0.1, 0.15) is 5.56 Å². The first-order chi connectivity index (χ1) is 14.9. The van der Waals surface area contributed by atoms with Crippen LogP contribution in [-0.2, 0) is 10.0 Å². The zero-order chi connectivity index (χ0) is 22.0. The lowest BCUT2D eigenvalue weighted by Gasteiger charge is -2.34. The van der Waals surface area contributed by atoms with Crippen LogP contribution in [0.25, 0.3) is 11.3 Å². The quantitative estimate of drug-likeness (QED) is 0.560. The van der Waals surface area contributed by atoms with Gasteiger partial charge in [0.2, 0.25) is 10.0 Å². The molecule has 7 nitrogen and oxygen atoms in total. The predicted octanol–water partition coefficient (Wildman–Crippen LogP) is 3.65. The van der Waals surface area contributed by atoms with Crippen molar-refractivity contribution >= 4 is 26.5 Å². The third kappa shape index (κ3) is 4.26. The third-order valence-corrected chi connectivity index (χ3v) is 8.23. The Morgan fingerprint density at radius 3 is 2.42 bits per heavy atom. The first-order valence-corrected chi connectivity index (χ1v) is 12.2. The van der Waals surface area contributed by atoms with Crippen molar-refractivity contribution in [3.63, 3.8) is 0 Å². The number of aromatic nitrogens is 1. The lowest BCUT2D eigenvalue weighted by Crippen LogP contribution is -2.48. The Bertz CT molecular complexity index is 1170. The molecule has 164 valence electrons. The Morgan fingerprint density at radius 2 is 1.74 bits per heavy atom. The number of aryl methyl sites for hydroxylation is 1. The van der Waals surface area contributed by atoms with E-state index in [1.165, 1.54) is 30.2 Å². The van der Waals surface area contributed by atoms with Crippen molar-refractivity contribution in [3.05, 3.63) is 53.4 Å². The summed E-state index contributed by atoms with van der Waals surface area (Å²) in [7, 11) is -0.726. The molecule has 0 bridgehead atoms. The lowest BCUT2D eigenvalue weighted by molar-refractivity contribution is 0.370. The van der Waals surface area contributed by atoms with E-state index in [1.807, 2.05) is 12.1 Å². The molecule has 0 unspecified atom stereocenters. The number of anilines is 1. The van der Waals surface area contributed by atoms with Gasteiger partial charge >= 0.3 is 0 Å². The molecule has 1 aliphatic rings. The largest absolute Gasteiger partial charge is 0.497 e. The average Bonchev–Trinajstić information content (AvgIpc) is 3.29. The zero-order valence-corrected chi connectivity index (χ0v) is 19.4. The molecule has 3 aromatic rings. The molecule has 9 heteroatoms. The topological polar surface area (TPSA) is 72.0 Å². The number of ether oxygens (including phenoxy) is 2. The van der Waals surface area contributed by atoms with E-state index < -0.39 is 10.0 Å². The van der Waals surface area contributed by atoms with E-state index in [0.717, 1.165) is 16.4 Å². The van der Waals surface area contributed by atoms with Gasteiger partial charge in [0, 0.05) is 43.2 Å². The predicted molar refractivity (Wildman–Crippen MR) is 123 cm³/mol. The molecule has 4 rings (SSSR count). The molecule has 2 heterocycles. The van der Waals surface area contributed by atoms with Gasteiger partial charge in [-0.2, -0.15) is 4.31 Å². The third-order valence-electron chi connectivity index (χ3n) is 5.41. The van der Waals surface area contributed by atoms with Crippen molar-refractivity contribution < 1.29 is 17.9 Å². The summed E-state index contributed by atoms with van der Waals surface area (Å²) in [5.74, 6) is 0.788. The molecule has 0 N–H and O–H groups in total. The number of hydrogen-bond donors (Lipinski definition) is 0. The van der Waals surface area contributed by atoms with Crippen LogP contribution in [0.2, 0.25) is 0 Å². The summed E-state index contributed by atoms with van der Waals surface area (Å²) < 4.78 is 38.5. The van der Waals surface area contributed by atoms with Crippen molar-refractivity contribution in [2.24, 2.45) is 0 Å². The molecule has 0 atom stereocenters. The van der Waals surface area contributed by atoms with Crippen LogP contribution in [0.5, 0.6) is 11.5 Å². The van der Waals surface area contributed by atoms with E-state index in [1.54, 1.807) is 23.5 Å². The molecule has 0 saturated carbocycles. The van der Waals surface area contributed by atoms with Crippen LogP contribution in [0.3, 0.4) is 0 Å². The smallest absolute Gasteiger partial charge is 0.247 e. The van der Waals surface area contributed by atoms with Crippen LogP contribution >= 0.6 is 11.3 Å². The number of methoxy groups -OCH3 is 2. The highest BCUT2D eigenvalue weighted by atomic mass is 32.2. The zero-order valence-electron chi connectivity index (χ0n) is 17.7. The fourth-order valence-corrected chi connectivity index (χ4v) is 6.11. The lowest BCUT2D eigenvalue weighted by atomic mass is 10.1. The van der Waals surface area contributed by atoms with E-state index in [-0.39, 0.29) is 4.90 Å². The number of nitrogens with zero attached hydrogens (tertiary/aromatic N) is 3. The van der Waals surface area contributed by atoms with Crippen LogP contribution in [0.15, 0.2) is 52.7 Å². The normalized spacial score (nSPS) is 15.1. The van der Waals surface area contributed by atoms with Gasteiger partial charge < -0.3 is 14.4 Å². The number of piperazine rings is 1. The van der Waals surface area contributed by atoms with E-state index in [9.17, 15) is 8.42 Å². The van der Waals surface area contributed by atoms with Gasteiger partial charge in [0.25, 0.3) is 0 Å². The van der Waals surface area contributed by atoms with Gasteiger partial charge in [-0.3, -0.25) is 0 Å². The highest BCUT2D eigenvalue weighted by Gasteiger charge is 2.32. The second-order valence-electron chi connectivity index (χ2n) is 7.24. The van der Waals surface area contributed by atoms with Crippen molar-refractivity contribution in [1.82, 2.24) is 9.29 Å².